The number of thiazole rings is 1. The first-order valence-electron chi connectivity index (χ1n) is 5.71. The van der Waals surface area contributed by atoms with E-state index in [1.165, 1.54) is 16.2 Å². The molecule has 1 heterocycles. The summed E-state index contributed by atoms with van der Waals surface area (Å²) in [6, 6.07) is 6.96. The zero-order valence-electron chi connectivity index (χ0n) is 9.94. The Morgan fingerprint density at radius 3 is 2.94 bits per heavy atom. The maximum atomic E-state index is 12.0. The maximum Gasteiger partial charge on any atom is 0.258 e. The zero-order chi connectivity index (χ0) is 13.0. The summed E-state index contributed by atoms with van der Waals surface area (Å²) in [4.78, 5) is 17.3. The van der Waals surface area contributed by atoms with Gasteiger partial charge in [0.2, 0.25) is 0 Å². The second-order valence-corrected chi connectivity index (χ2v) is 5.34. The molecular formula is C13H13ClN2OS. The van der Waals surface area contributed by atoms with Crippen molar-refractivity contribution in [3.8, 4) is 0 Å². The molecule has 0 fully saturated rings. The molecule has 1 aromatic heterocycles. The molecule has 0 aliphatic carbocycles. The molecule has 0 aliphatic rings. The van der Waals surface area contributed by atoms with Crippen LogP contribution in [0.25, 0.3) is 0 Å². The summed E-state index contributed by atoms with van der Waals surface area (Å²) in [7, 11) is 0. The van der Waals surface area contributed by atoms with Gasteiger partial charge < -0.3 is 0 Å². The largest absolute Gasteiger partial charge is 0.298 e. The summed E-state index contributed by atoms with van der Waals surface area (Å²) in [6.45, 7) is 2.11. The van der Waals surface area contributed by atoms with Crippen LogP contribution in [0.3, 0.4) is 0 Å². The molecule has 94 valence electrons. The van der Waals surface area contributed by atoms with Crippen molar-refractivity contribution in [2.24, 2.45) is 0 Å². The molecule has 0 saturated carbocycles. The fraction of sp³-hybridized carbons (Fsp3) is 0.231. The van der Waals surface area contributed by atoms with Crippen LogP contribution in [0.4, 0.5) is 5.13 Å². The Balaban J connectivity index is 2.09. The number of hydrogen-bond donors (Lipinski definition) is 1. The second-order valence-electron chi connectivity index (χ2n) is 3.82. The Hall–Kier alpha value is -1.39. The van der Waals surface area contributed by atoms with E-state index in [-0.39, 0.29) is 5.91 Å². The van der Waals surface area contributed by atoms with Gasteiger partial charge in [0.05, 0.1) is 10.6 Å². The van der Waals surface area contributed by atoms with E-state index in [1.54, 1.807) is 30.5 Å². The lowest BCUT2D eigenvalue weighted by molar-refractivity contribution is 0.102. The lowest BCUT2D eigenvalue weighted by Gasteiger charge is -2.03. The van der Waals surface area contributed by atoms with Crippen LogP contribution >= 0.6 is 22.9 Å². The van der Waals surface area contributed by atoms with Crippen LogP contribution < -0.4 is 5.32 Å². The van der Waals surface area contributed by atoms with Gasteiger partial charge in [-0.1, -0.05) is 37.1 Å². The van der Waals surface area contributed by atoms with E-state index in [1.807, 2.05) is 0 Å². The van der Waals surface area contributed by atoms with Crippen molar-refractivity contribution in [2.75, 3.05) is 5.32 Å². The number of nitrogens with zero attached hydrogens (tertiary/aromatic N) is 1. The summed E-state index contributed by atoms with van der Waals surface area (Å²) in [5, 5.41) is 3.82. The third-order valence-electron chi connectivity index (χ3n) is 2.39. The van der Waals surface area contributed by atoms with Crippen molar-refractivity contribution >= 4 is 34.0 Å². The van der Waals surface area contributed by atoms with Crippen molar-refractivity contribution < 1.29 is 4.79 Å². The van der Waals surface area contributed by atoms with E-state index >= 15 is 0 Å². The SMILES string of the molecule is CCCc1cnc(NC(=O)c2ccccc2Cl)s1. The molecule has 5 heteroatoms. The van der Waals surface area contributed by atoms with Gasteiger partial charge in [0.25, 0.3) is 5.91 Å². The Bertz CT molecular complexity index is 553. The van der Waals surface area contributed by atoms with Crippen LogP contribution in [0, 0.1) is 0 Å². The fourth-order valence-corrected chi connectivity index (χ4v) is 2.67. The van der Waals surface area contributed by atoms with E-state index in [9.17, 15) is 4.79 Å². The van der Waals surface area contributed by atoms with Gasteiger partial charge in [-0.3, -0.25) is 10.1 Å². The molecule has 0 aliphatic heterocycles. The molecule has 0 saturated heterocycles. The van der Waals surface area contributed by atoms with Crippen molar-refractivity contribution in [1.29, 1.82) is 0 Å². The van der Waals surface area contributed by atoms with E-state index in [0.717, 1.165) is 12.8 Å². The first-order chi connectivity index (χ1) is 8.70. The van der Waals surface area contributed by atoms with Gasteiger partial charge in [-0.2, -0.15) is 0 Å². The number of rotatable bonds is 4. The number of carbonyl (C=O) groups is 1. The monoisotopic (exact) mass is 280 g/mol. The smallest absolute Gasteiger partial charge is 0.258 e. The van der Waals surface area contributed by atoms with Crippen LogP contribution in [-0.4, -0.2) is 10.9 Å². The van der Waals surface area contributed by atoms with Crippen molar-refractivity contribution in [3.63, 3.8) is 0 Å². The van der Waals surface area contributed by atoms with Gasteiger partial charge >= 0.3 is 0 Å². The predicted molar refractivity (Wildman–Crippen MR) is 75.5 cm³/mol. The van der Waals surface area contributed by atoms with Crippen LogP contribution in [0.5, 0.6) is 0 Å². The van der Waals surface area contributed by atoms with Gasteiger partial charge in [0, 0.05) is 11.1 Å². The number of anilines is 1. The number of aromatic nitrogens is 1. The molecule has 0 atom stereocenters. The van der Waals surface area contributed by atoms with Gasteiger partial charge in [0.1, 0.15) is 0 Å². The number of nitrogens with one attached hydrogen (secondary N) is 1. The molecule has 0 unspecified atom stereocenters. The minimum Gasteiger partial charge on any atom is -0.298 e. The Kier molecular flexibility index (Phi) is 4.33. The average Bonchev–Trinajstić information content (AvgIpc) is 2.77. The number of amides is 1. The van der Waals surface area contributed by atoms with Gasteiger partial charge in [-0.25, -0.2) is 4.98 Å². The molecule has 3 nitrogen and oxygen atoms in total. The molecule has 0 radical (unpaired) electrons. The summed E-state index contributed by atoms with van der Waals surface area (Å²) >= 11 is 7.46. The van der Waals surface area contributed by atoms with Crippen molar-refractivity contribution in [1.82, 2.24) is 4.98 Å². The van der Waals surface area contributed by atoms with E-state index in [4.69, 9.17) is 11.6 Å². The first-order valence-corrected chi connectivity index (χ1v) is 6.90. The molecule has 2 rings (SSSR count). The Morgan fingerprint density at radius 1 is 1.44 bits per heavy atom. The zero-order valence-corrected chi connectivity index (χ0v) is 11.5. The molecule has 0 bridgehead atoms. The molecule has 1 amide bonds. The Labute approximate surface area is 115 Å². The third kappa shape index (κ3) is 3.09. The van der Waals surface area contributed by atoms with Gasteiger partial charge in [0.15, 0.2) is 5.13 Å². The van der Waals surface area contributed by atoms with E-state index in [2.05, 4.69) is 17.2 Å². The predicted octanol–water partition coefficient (Wildman–Crippen LogP) is 4.00. The lowest BCUT2D eigenvalue weighted by Crippen LogP contribution is -2.11. The summed E-state index contributed by atoms with van der Waals surface area (Å²) in [5.41, 5.74) is 0.464. The first kappa shape index (κ1) is 13.1. The Morgan fingerprint density at radius 2 is 2.22 bits per heavy atom. The number of halogens is 1. The molecule has 18 heavy (non-hydrogen) atoms. The number of carbonyl (C=O) groups excluding carboxylic acids is 1. The molecule has 1 N–H and O–H groups in total. The standard InChI is InChI=1S/C13H13ClN2OS/c1-2-5-9-8-15-13(18-9)16-12(17)10-6-3-4-7-11(10)14/h3-4,6-8H,2,5H2,1H3,(H,15,16,17). The van der Waals surface area contributed by atoms with Crippen LogP contribution in [0.15, 0.2) is 30.5 Å². The van der Waals surface area contributed by atoms with Crippen LogP contribution in [0.1, 0.15) is 28.6 Å². The third-order valence-corrected chi connectivity index (χ3v) is 3.69. The molecular weight excluding hydrogens is 268 g/mol. The van der Waals surface area contributed by atoms with Crippen molar-refractivity contribution in [2.45, 2.75) is 19.8 Å². The van der Waals surface area contributed by atoms with E-state index in [0.29, 0.717) is 15.7 Å². The highest BCUT2D eigenvalue weighted by atomic mass is 35.5. The number of aryl methyl sites for hydroxylation is 1. The van der Waals surface area contributed by atoms with E-state index < -0.39 is 0 Å². The minimum absolute atomic E-state index is 0.224. The van der Waals surface area contributed by atoms with Gasteiger partial charge in [-0.15, -0.1) is 11.3 Å². The van der Waals surface area contributed by atoms with Crippen LogP contribution in [0.2, 0.25) is 5.02 Å². The van der Waals surface area contributed by atoms with Crippen LogP contribution in [-0.2, 0) is 6.42 Å². The molecule has 2 aromatic rings. The highest BCUT2D eigenvalue weighted by Gasteiger charge is 2.11. The molecule has 1 aromatic carbocycles. The maximum absolute atomic E-state index is 12.0. The summed E-state index contributed by atoms with van der Waals surface area (Å²) in [5.74, 6) is -0.224. The lowest BCUT2D eigenvalue weighted by atomic mass is 10.2. The van der Waals surface area contributed by atoms with Gasteiger partial charge in [-0.05, 0) is 18.6 Å². The number of benzene rings is 1. The fourth-order valence-electron chi connectivity index (χ4n) is 1.54. The summed E-state index contributed by atoms with van der Waals surface area (Å²) < 4.78 is 0. The summed E-state index contributed by atoms with van der Waals surface area (Å²) in [6.07, 6.45) is 3.86. The van der Waals surface area contributed by atoms with Crippen molar-refractivity contribution in [3.05, 3.63) is 45.9 Å². The highest BCUT2D eigenvalue weighted by Crippen LogP contribution is 2.21. The average molecular weight is 281 g/mol. The topological polar surface area (TPSA) is 42.0 Å². The quantitative estimate of drug-likeness (QED) is 0.920. The normalized spacial score (nSPS) is 10.3. The highest BCUT2D eigenvalue weighted by molar-refractivity contribution is 7.15. The minimum atomic E-state index is -0.224. The second kappa shape index (κ2) is 5.98. The molecule has 0 spiro atoms. The number of hydrogen-bond acceptors (Lipinski definition) is 3.